The first-order valence-corrected chi connectivity index (χ1v) is 20.9. The SMILES string of the molecule is CC1(C)c2ccc(N(c3cccc(C4(c5ccccc5)c5ccccc5-c5ccccc54)c3)c3ccc4c(c3)oc3ccccc34)cc2-c2c(-c3ccccc3)cccc21. The van der Waals surface area contributed by atoms with Crippen LogP contribution >= 0.6 is 0 Å². The topological polar surface area (TPSA) is 16.4 Å². The fraction of sp³-hybridized carbons (Fsp3) is 0.0690. The van der Waals surface area contributed by atoms with Gasteiger partial charge in [-0.3, -0.25) is 0 Å². The van der Waals surface area contributed by atoms with Gasteiger partial charge in [0.05, 0.1) is 5.41 Å². The van der Waals surface area contributed by atoms with Crippen LogP contribution in [0.1, 0.15) is 47.2 Å². The molecule has 12 rings (SSSR count). The normalized spacial score (nSPS) is 14.1. The van der Waals surface area contributed by atoms with E-state index < -0.39 is 5.41 Å². The molecule has 0 amide bonds. The van der Waals surface area contributed by atoms with E-state index in [-0.39, 0.29) is 5.41 Å². The minimum absolute atomic E-state index is 0.156. The van der Waals surface area contributed by atoms with Gasteiger partial charge in [0.15, 0.2) is 0 Å². The van der Waals surface area contributed by atoms with Crippen molar-refractivity contribution < 1.29 is 4.42 Å². The zero-order valence-electron chi connectivity index (χ0n) is 33.6. The van der Waals surface area contributed by atoms with E-state index in [4.69, 9.17) is 4.42 Å². The van der Waals surface area contributed by atoms with Crippen LogP contribution in [0.15, 0.2) is 217 Å². The molecule has 284 valence electrons. The molecule has 0 unspecified atom stereocenters. The van der Waals surface area contributed by atoms with Crippen LogP contribution in [0.2, 0.25) is 0 Å². The molecule has 0 N–H and O–H groups in total. The van der Waals surface area contributed by atoms with E-state index in [9.17, 15) is 0 Å². The van der Waals surface area contributed by atoms with Crippen molar-refractivity contribution in [2.75, 3.05) is 4.90 Å². The minimum Gasteiger partial charge on any atom is -0.456 e. The van der Waals surface area contributed by atoms with Gasteiger partial charge in [0.25, 0.3) is 0 Å². The fourth-order valence-corrected chi connectivity index (χ4v) is 10.7. The number of furan rings is 1. The molecule has 1 heterocycles. The number of nitrogens with zero attached hydrogens (tertiary/aromatic N) is 1. The quantitative estimate of drug-likeness (QED) is 0.168. The Labute approximate surface area is 350 Å². The van der Waals surface area contributed by atoms with Crippen molar-refractivity contribution in [1.82, 2.24) is 0 Å². The highest BCUT2D eigenvalue weighted by Gasteiger charge is 2.46. The second-order valence-electron chi connectivity index (χ2n) is 16.8. The Morgan fingerprint density at radius 1 is 0.367 bits per heavy atom. The summed E-state index contributed by atoms with van der Waals surface area (Å²) in [5.41, 5.74) is 19.7. The molecule has 0 bridgehead atoms. The lowest BCUT2D eigenvalue weighted by atomic mass is 9.67. The van der Waals surface area contributed by atoms with Crippen LogP contribution < -0.4 is 4.90 Å². The third-order valence-electron chi connectivity index (χ3n) is 13.3. The molecular formula is C58H41NO. The van der Waals surface area contributed by atoms with Crippen LogP contribution in [0.25, 0.3) is 55.3 Å². The summed E-state index contributed by atoms with van der Waals surface area (Å²) in [6, 6.07) is 78.0. The second-order valence-corrected chi connectivity index (χ2v) is 16.8. The Balaban J connectivity index is 1.12. The molecule has 10 aromatic rings. The molecule has 0 saturated carbocycles. The summed E-state index contributed by atoms with van der Waals surface area (Å²) >= 11 is 0. The standard InChI is InChI=1S/C58H41NO/c1-57(2)50-34-32-42(36-49(50)56-44(26-16-29-53(56)57)38-17-5-3-6-18-38)59(43-31-33-48-47-25-11-14-30-54(47)60-55(48)37-43)41-22-15-21-40(35-41)58(39-19-7-4-8-20-39)51-27-12-9-23-45(51)46-24-10-13-28-52(46)58/h3-37H,1-2H3. The molecule has 0 radical (unpaired) electrons. The van der Waals surface area contributed by atoms with Crippen molar-refractivity contribution in [2.45, 2.75) is 24.7 Å². The van der Waals surface area contributed by atoms with Crippen molar-refractivity contribution in [3.63, 3.8) is 0 Å². The number of hydrogen-bond donors (Lipinski definition) is 0. The number of para-hydroxylation sites is 1. The van der Waals surface area contributed by atoms with Gasteiger partial charge < -0.3 is 9.32 Å². The van der Waals surface area contributed by atoms with Gasteiger partial charge in [0.1, 0.15) is 11.2 Å². The maximum atomic E-state index is 6.56. The molecular weight excluding hydrogens is 727 g/mol. The zero-order valence-corrected chi connectivity index (χ0v) is 33.6. The van der Waals surface area contributed by atoms with Gasteiger partial charge in [0.2, 0.25) is 0 Å². The average molecular weight is 768 g/mol. The third kappa shape index (κ3) is 4.88. The molecule has 2 heteroatoms. The summed E-state index contributed by atoms with van der Waals surface area (Å²) in [4.78, 5) is 2.43. The van der Waals surface area contributed by atoms with Crippen LogP contribution in [0.3, 0.4) is 0 Å². The van der Waals surface area contributed by atoms with Crippen molar-refractivity contribution >= 4 is 39.0 Å². The van der Waals surface area contributed by atoms with E-state index in [0.717, 1.165) is 39.0 Å². The minimum atomic E-state index is -0.524. The summed E-state index contributed by atoms with van der Waals surface area (Å²) in [6.45, 7) is 4.73. The Kier molecular flexibility index (Phi) is 7.52. The van der Waals surface area contributed by atoms with Gasteiger partial charge in [-0.15, -0.1) is 0 Å². The predicted molar refractivity (Wildman–Crippen MR) is 249 cm³/mol. The predicted octanol–water partition coefficient (Wildman–Crippen LogP) is 15.4. The van der Waals surface area contributed by atoms with Gasteiger partial charge in [-0.05, 0) is 109 Å². The Hall–Kier alpha value is -7.42. The highest BCUT2D eigenvalue weighted by Crippen LogP contribution is 2.57. The van der Waals surface area contributed by atoms with Gasteiger partial charge in [-0.1, -0.05) is 178 Å². The van der Waals surface area contributed by atoms with Crippen LogP contribution in [-0.2, 0) is 10.8 Å². The lowest BCUT2D eigenvalue weighted by Gasteiger charge is -2.35. The first-order valence-electron chi connectivity index (χ1n) is 20.9. The van der Waals surface area contributed by atoms with Crippen molar-refractivity contribution in [3.8, 4) is 33.4 Å². The summed E-state index contributed by atoms with van der Waals surface area (Å²) in [7, 11) is 0. The summed E-state index contributed by atoms with van der Waals surface area (Å²) in [5.74, 6) is 0. The Bertz CT molecular complexity index is 3250. The van der Waals surface area contributed by atoms with E-state index in [1.165, 1.54) is 66.8 Å². The highest BCUT2D eigenvalue weighted by molar-refractivity contribution is 6.06. The Morgan fingerprint density at radius 3 is 1.72 bits per heavy atom. The van der Waals surface area contributed by atoms with E-state index in [1.54, 1.807) is 0 Å². The lowest BCUT2D eigenvalue weighted by molar-refractivity contribution is 0.660. The molecule has 2 nitrogen and oxygen atoms in total. The highest BCUT2D eigenvalue weighted by atomic mass is 16.3. The third-order valence-corrected chi connectivity index (χ3v) is 13.3. The lowest BCUT2D eigenvalue weighted by Crippen LogP contribution is -2.28. The number of rotatable bonds is 6. The van der Waals surface area contributed by atoms with Crippen LogP contribution in [0.4, 0.5) is 17.1 Å². The van der Waals surface area contributed by atoms with E-state index >= 15 is 0 Å². The van der Waals surface area contributed by atoms with E-state index in [1.807, 2.05) is 6.07 Å². The summed E-state index contributed by atoms with van der Waals surface area (Å²) in [5, 5.41) is 2.24. The molecule has 2 aliphatic carbocycles. The fourth-order valence-electron chi connectivity index (χ4n) is 10.7. The molecule has 9 aromatic carbocycles. The smallest absolute Gasteiger partial charge is 0.137 e. The molecule has 0 fully saturated rings. The first kappa shape index (κ1) is 34.6. The molecule has 2 aliphatic rings. The van der Waals surface area contributed by atoms with Crippen LogP contribution in [0, 0.1) is 0 Å². The number of hydrogen-bond acceptors (Lipinski definition) is 2. The van der Waals surface area contributed by atoms with Crippen molar-refractivity contribution in [3.05, 3.63) is 246 Å². The molecule has 0 spiro atoms. The number of benzene rings is 9. The first-order chi connectivity index (χ1) is 29.5. The van der Waals surface area contributed by atoms with E-state index in [0.29, 0.717) is 0 Å². The molecule has 0 aliphatic heterocycles. The zero-order chi connectivity index (χ0) is 40.0. The largest absolute Gasteiger partial charge is 0.456 e. The van der Waals surface area contributed by atoms with Crippen molar-refractivity contribution in [1.29, 1.82) is 0 Å². The molecule has 1 aromatic heterocycles. The van der Waals surface area contributed by atoms with Crippen LogP contribution in [-0.4, -0.2) is 0 Å². The molecule has 0 atom stereocenters. The average Bonchev–Trinajstić information content (AvgIpc) is 3.91. The van der Waals surface area contributed by atoms with Crippen LogP contribution in [0.5, 0.6) is 0 Å². The van der Waals surface area contributed by atoms with E-state index in [2.05, 4.69) is 225 Å². The van der Waals surface area contributed by atoms with Gasteiger partial charge in [-0.25, -0.2) is 0 Å². The van der Waals surface area contributed by atoms with Gasteiger partial charge in [-0.2, -0.15) is 0 Å². The number of fused-ring (bicyclic) bond motifs is 9. The maximum Gasteiger partial charge on any atom is 0.137 e. The van der Waals surface area contributed by atoms with Gasteiger partial charge in [0, 0.05) is 39.3 Å². The molecule has 0 saturated heterocycles. The maximum absolute atomic E-state index is 6.56. The monoisotopic (exact) mass is 767 g/mol. The Morgan fingerprint density at radius 2 is 0.933 bits per heavy atom. The number of anilines is 3. The molecule has 60 heavy (non-hydrogen) atoms. The summed E-state index contributed by atoms with van der Waals surface area (Å²) in [6.07, 6.45) is 0. The van der Waals surface area contributed by atoms with Crippen molar-refractivity contribution in [2.24, 2.45) is 0 Å². The van der Waals surface area contributed by atoms with Gasteiger partial charge >= 0.3 is 0 Å². The summed E-state index contributed by atoms with van der Waals surface area (Å²) < 4.78 is 6.56. The second kappa shape index (κ2) is 13.0.